The van der Waals surface area contributed by atoms with Crippen LogP contribution in [0.3, 0.4) is 0 Å². The summed E-state index contributed by atoms with van der Waals surface area (Å²) in [5.74, 6) is 0.223. The molecule has 16 heavy (non-hydrogen) atoms. The first-order valence-corrected chi connectivity index (χ1v) is 5.14. The number of aliphatic hydroxyl groups excluding tert-OH is 1. The molecule has 0 spiro atoms. The molecule has 1 atom stereocenters. The Bertz CT molecular complexity index is 432. The van der Waals surface area contributed by atoms with E-state index in [9.17, 15) is 5.11 Å². The predicted octanol–water partition coefficient (Wildman–Crippen LogP) is 2.51. The van der Waals surface area contributed by atoms with Crippen molar-refractivity contribution < 1.29 is 14.9 Å². The largest absolute Gasteiger partial charge is 0.504 e. The van der Waals surface area contributed by atoms with E-state index < -0.39 is 6.04 Å². The predicted molar refractivity (Wildman–Crippen MR) is 61.3 cm³/mol. The number of aromatic hydroxyl groups is 1. The molecule has 0 saturated carbocycles. The number of rotatable bonds is 4. The zero-order valence-electron chi connectivity index (χ0n) is 8.46. The second kappa shape index (κ2) is 5.60. The molecule has 0 saturated heterocycles. The molecule has 0 radical (unpaired) electrons. The third-order valence-electron chi connectivity index (χ3n) is 2.02. The van der Waals surface area contributed by atoms with Crippen LogP contribution < -0.4 is 4.74 Å². The van der Waals surface area contributed by atoms with E-state index in [1.807, 2.05) is 0 Å². The Morgan fingerprint density at radius 1 is 1.62 bits per heavy atom. The fourth-order valence-corrected chi connectivity index (χ4v) is 1.82. The van der Waals surface area contributed by atoms with Crippen molar-refractivity contribution in [2.45, 2.75) is 6.04 Å². The maximum atomic E-state index is 9.57. The number of phenolic OH excluding ortho intramolecular Hbond substituents is 1. The van der Waals surface area contributed by atoms with Crippen LogP contribution in [0.25, 0.3) is 10.4 Å². The maximum Gasteiger partial charge on any atom is 0.161 e. The minimum atomic E-state index is -0.740. The summed E-state index contributed by atoms with van der Waals surface area (Å²) in [5, 5.41) is 22.0. The second-order valence-electron chi connectivity index (χ2n) is 2.95. The van der Waals surface area contributed by atoms with Gasteiger partial charge < -0.3 is 14.9 Å². The second-order valence-corrected chi connectivity index (χ2v) is 3.80. The van der Waals surface area contributed by atoms with Gasteiger partial charge in [0.15, 0.2) is 11.5 Å². The van der Waals surface area contributed by atoms with Gasteiger partial charge in [-0.1, -0.05) is 21.0 Å². The van der Waals surface area contributed by atoms with Crippen LogP contribution in [0, 0.1) is 0 Å². The van der Waals surface area contributed by atoms with Crippen LogP contribution in [0.4, 0.5) is 0 Å². The Kier molecular flexibility index (Phi) is 4.42. The summed E-state index contributed by atoms with van der Waals surface area (Å²) in [7, 11) is 1.43. The number of benzene rings is 1. The monoisotopic (exact) mass is 287 g/mol. The Hall–Kier alpha value is -1.43. The Labute approximate surface area is 100 Å². The lowest BCUT2D eigenvalue weighted by Gasteiger charge is -2.13. The van der Waals surface area contributed by atoms with Crippen LogP contribution in [-0.2, 0) is 0 Å². The SMILES string of the molecule is COc1cc(Br)c(C(CO)N=[N+]=[N-])cc1O. The quantitative estimate of drug-likeness (QED) is 0.506. The first-order chi connectivity index (χ1) is 7.63. The summed E-state index contributed by atoms with van der Waals surface area (Å²) < 4.78 is 5.50. The van der Waals surface area contributed by atoms with Crippen molar-refractivity contribution in [3.63, 3.8) is 0 Å². The lowest BCUT2D eigenvalue weighted by molar-refractivity contribution is 0.267. The highest BCUT2D eigenvalue weighted by Gasteiger charge is 2.15. The van der Waals surface area contributed by atoms with E-state index in [2.05, 4.69) is 26.0 Å². The third kappa shape index (κ3) is 2.57. The number of hydrogen-bond donors (Lipinski definition) is 2. The third-order valence-corrected chi connectivity index (χ3v) is 2.71. The molecule has 1 aromatic rings. The average Bonchev–Trinajstić information content (AvgIpc) is 2.28. The average molecular weight is 288 g/mol. The fourth-order valence-electron chi connectivity index (χ4n) is 1.24. The van der Waals surface area contributed by atoms with E-state index in [-0.39, 0.29) is 12.4 Å². The molecule has 1 rings (SSSR count). The Balaban J connectivity index is 3.23. The van der Waals surface area contributed by atoms with Crippen molar-refractivity contribution in [2.75, 3.05) is 13.7 Å². The van der Waals surface area contributed by atoms with E-state index in [0.717, 1.165) is 0 Å². The lowest BCUT2D eigenvalue weighted by Crippen LogP contribution is -2.01. The van der Waals surface area contributed by atoms with E-state index >= 15 is 0 Å². The molecular formula is C9H10BrN3O3. The summed E-state index contributed by atoms with van der Waals surface area (Å²) >= 11 is 3.25. The van der Waals surface area contributed by atoms with Gasteiger partial charge in [0.2, 0.25) is 0 Å². The smallest absolute Gasteiger partial charge is 0.161 e. The molecule has 0 aromatic heterocycles. The highest BCUT2D eigenvalue weighted by molar-refractivity contribution is 9.10. The minimum Gasteiger partial charge on any atom is -0.504 e. The van der Waals surface area contributed by atoms with Gasteiger partial charge in [-0.05, 0) is 23.2 Å². The van der Waals surface area contributed by atoms with Crippen molar-refractivity contribution in [3.8, 4) is 11.5 Å². The molecule has 7 heteroatoms. The molecule has 2 N–H and O–H groups in total. The van der Waals surface area contributed by atoms with Crippen LogP contribution in [-0.4, -0.2) is 23.9 Å². The van der Waals surface area contributed by atoms with Gasteiger partial charge in [0.25, 0.3) is 0 Å². The number of ether oxygens (including phenoxy) is 1. The van der Waals surface area contributed by atoms with E-state index in [1.165, 1.54) is 13.2 Å². The van der Waals surface area contributed by atoms with Gasteiger partial charge in [-0.2, -0.15) is 0 Å². The van der Waals surface area contributed by atoms with E-state index in [0.29, 0.717) is 15.8 Å². The van der Waals surface area contributed by atoms with E-state index in [4.69, 9.17) is 15.4 Å². The summed E-state index contributed by atoms with van der Waals surface area (Å²) in [5.41, 5.74) is 8.83. The zero-order chi connectivity index (χ0) is 12.1. The Morgan fingerprint density at radius 2 is 2.31 bits per heavy atom. The van der Waals surface area contributed by atoms with Crippen molar-refractivity contribution in [3.05, 3.63) is 32.6 Å². The molecule has 0 bridgehead atoms. The number of hydrogen-bond acceptors (Lipinski definition) is 4. The lowest BCUT2D eigenvalue weighted by atomic mass is 10.1. The summed E-state index contributed by atoms with van der Waals surface area (Å²) in [4.78, 5) is 2.63. The van der Waals surface area contributed by atoms with Gasteiger partial charge in [-0.3, -0.25) is 0 Å². The normalized spacial score (nSPS) is 11.7. The topological polar surface area (TPSA) is 98.5 Å². The van der Waals surface area contributed by atoms with Crippen molar-refractivity contribution in [1.82, 2.24) is 0 Å². The fraction of sp³-hybridized carbons (Fsp3) is 0.333. The zero-order valence-corrected chi connectivity index (χ0v) is 10.0. The molecule has 0 fully saturated rings. The molecule has 1 aromatic carbocycles. The number of aliphatic hydroxyl groups is 1. The molecule has 0 amide bonds. The van der Waals surface area contributed by atoms with Gasteiger partial charge in [-0.25, -0.2) is 0 Å². The van der Waals surface area contributed by atoms with Gasteiger partial charge in [0.1, 0.15) is 0 Å². The molecule has 86 valence electrons. The van der Waals surface area contributed by atoms with Crippen LogP contribution in [0.15, 0.2) is 21.7 Å². The minimum absolute atomic E-state index is 0.0766. The first-order valence-electron chi connectivity index (χ1n) is 4.35. The Morgan fingerprint density at radius 3 is 2.81 bits per heavy atom. The molecule has 0 aliphatic carbocycles. The van der Waals surface area contributed by atoms with Crippen LogP contribution in [0.2, 0.25) is 0 Å². The van der Waals surface area contributed by atoms with Gasteiger partial charge in [0.05, 0.1) is 19.8 Å². The van der Waals surface area contributed by atoms with E-state index in [1.54, 1.807) is 6.07 Å². The van der Waals surface area contributed by atoms with Crippen LogP contribution in [0.5, 0.6) is 11.5 Å². The van der Waals surface area contributed by atoms with Crippen LogP contribution in [0.1, 0.15) is 11.6 Å². The van der Waals surface area contributed by atoms with Crippen molar-refractivity contribution in [1.29, 1.82) is 0 Å². The first kappa shape index (κ1) is 12.6. The highest BCUT2D eigenvalue weighted by atomic mass is 79.9. The summed E-state index contributed by atoms with van der Waals surface area (Å²) in [6.07, 6.45) is 0. The van der Waals surface area contributed by atoms with Crippen molar-refractivity contribution in [2.24, 2.45) is 5.11 Å². The standard InChI is InChI=1S/C9H10BrN3O3/c1-16-9-3-6(10)5(2-8(9)15)7(4-14)12-13-11/h2-3,7,14-15H,4H2,1H3. The molecule has 0 aliphatic rings. The molecular weight excluding hydrogens is 278 g/mol. The molecule has 0 heterocycles. The van der Waals surface area contributed by atoms with Gasteiger partial charge >= 0.3 is 0 Å². The number of halogens is 1. The maximum absolute atomic E-state index is 9.57. The number of methoxy groups -OCH3 is 1. The summed E-state index contributed by atoms with van der Waals surface area (Å²) in [6, 6.07) is 2.19. The van der Waals surface area contributed by atoms with Gasteiger partial charge in [0, 0.05) is 9.38 Å². The van der Waals surface area contributed by atoms with Crippen molar-refractivity contribution >= 4 is 15.9 Å². The number of phenols is 1. The highest BCUT2D eigenvalue weighted by Crippen LogP contribution is 2.36. The molecule has 0 aliphatic heterocycles. The molecule has 6 nitrogen and oxygen atoms in total. The van der Waals surface area contributed by atoms with Crippen LogP contribution >= 0.6 is 15.9 Å². The molecule has 1 unspecified atom stereocenters. The number of nitrogens with zero attached hydrogens (tertiary/aromatic N) is 3. The summed E-state index contributed by atoms with van der Waals surface area (Å²) in [6.45, 7) is -0.339. The van der Waals surface area contributed by atoms with Gasteiger partial charge in [-0.15, -0.1) is 0 Å². The number of azide groups is 1.